The predicted molar refractivity (Wildman–Crippen MR) is 189 cm³/mol. The van der Waals surface area contributed by atoms with E-state index in [4.69, 9.17) is 9.15 Å². The SMILES string of the molecule is CCCCc1oc2ccc(N(C(=O)c3cccc(F)c3)S(C)(=O)=O)cc2c1C(=O)c1ccc(OCCCN(CCCC)CCCC)cc1. The summed E-state index contributed by atoms with van der Waals surface area (Å²) in [5, 5.41) is 0.389. The highest BCUT2D eigenvalue weighted by molar-refractivity contribution is 7.92. The molecule has 0 spiro atoms. The standard InChI is InChI=1S/C38H47FN2O6S/c1-5-8-15-35-36(37(42)28-16-19-32(20-17-28)46-25-12-24-40(22-9-6-2)23-10-7-3)33-27-31(18-21-34(33)47-35)41(48(4,44)45)38(43)29-13-11-14-30(39)26-29/h11,13-14,16-21,26-27H,5-10,12,15,22-25H2,1-4H3. The molecule has 0 saturated heterocycles. The van der Waals surface area contributed by atoms with E-state index in [1.165, 1.54) is 56.0 Å². The second-order valence-corrected chi connectivity index (χ2v) is 14.0. The third-order valence-corrected chi connectivity index (χ3v) is 9.25. The Morgan fingerprint density at radius 3 is 2.10 bits per heavy atom. The summed E-state index contributed by atoms with van der Waals surface area (Å²) in [6.45, 7) is 10.2. The quantitative estimate of drug-likeness (QED) is 0.0726. The Balaban J connectivity index is 1.58. The molecule has 0 atom stereocenters. The molecule has 0 N–H and O–H groups in total. The molecule has 258 valence electrons. The number of ether oxygens (including phenoxy) is 1. The lowest BCUT2D eigenvalue weighted by Gasteiger charge is -2.21. The van der Waals surface area contributed by atoms with Gasteiger partial charge < -0.3 is 14.1 Å². The number of carbonyl (C=O) groups excluding carboxylic acids is 2. The van der Waals surface area contributed by atoms with Crippen molar-refractivity contribution in [3.8, 4) is 5.75 Å². The number of unbranched alkanes of at least 4 members (excludes halogenated alkanes) is 3. The molecule has 8 nitrogen and oxygen atoms in total. The normalized spacial score (nSPS) is 11.7. The number of rotatable bonds is 19. The molecule has 0 aliphatic rings. The molecule has 0 saturated carbocycles. The largest absolute Gasteiger partial charge is 0.494 e. The van der Waals surface area contributed by atoms with E-state index < -0.39 is 21.7 Å². The smallest absolute Gasteiger partial charge is 0.272 e. The minimum atomic E-state index is -4.14. The minimum Gasteiger partial charge on any atom is -0.494 e. The first-order valence-corrected chi connectivity index (χ1v) is 18.8. The van der Waals surface area contributed by atoms with Crippen molar-refractivity contribution in [2.24, 2.45) is 0 Å². The number of ketones is 1. The van der Waals surface area contributed by atoms with E-state index in [1.807, 2.05) is 6.92 Å². The second-order valence-electron chi connectivity index (χ2n) is 12.1. The fourth-order valence-electron chi connectivity index (χ4n) is 5.65. The maximum Gasteiger partial charge on any atom is 0.272 e. The third kappa shape index (κ3) is 9.54. The monoisotopic (exact) mass is 678 g/mol. The van der Waals surface area contributed by atoms with Crippen molar-refractivity contribution < 1.29 is 31.6 Å². The zero-order chi connectivity index (χ0) is 34.7. The number of fused-ring (bicyclic) bond motifs is 1. The fourth-order valence-corrected chi connectivity index (χ4v) is 6.55. The Bertz CT molecular complexity index is 1780. The topological polar surface area (TPSA) is 97.1 Å². The highest BCUT2D eigenvalue weighted by Gasteiger charge is 2.29. The third-order valence-electron chi connectivity index (χ3n) is 8.21. The number of anilines is 1. The molecule has 4 aromatic rings. The molecule has 48 heavy (non-hydrogen) atoms. The molecule has 0 fully saturated rings. The highest BCUT2D eigenvalue weighted by Crippen LogP contribution is 2.34. The van der Waals surface area contributed by atoms with Crippen LogP contribution in [0.1, 0.15) is 97.8 Å². The van der Waals surface area contributed by atoms with Crippen LogP contribution in [0.2, 0.25) is 0 Å². The van der Waals surface area contributed by atoms with E-state index >= 15 is 0 Å². The lowest BCUT2D eigenvalue weighted by molar-refractivity contribution is 0.100. The molecule has 0 aliphatic carbocycles. The zero-order valence-electron chi connectivity index (χ0n) is 28.5. The summed E-state index contributed by atoms with van der Waals surface area (Å²) < 4.78 is 52.5. The van der Waals surface area contributed by atoms with Gasteiger partial charge in [-0.2, -0.15) is 0 Å². The van der Waals surface area contributed by atoms with Crippen LogP contribution < -0.4 is 9.04 Å². The molecule has 10 heteroatoms. The summed E-state index contributed by atoms with van der Waals surface area (Å²) in [6, 6.07) is 16.3. The molecule has 0 bridgehead atoms. The molecule has 0 unspecified atom stereocenters. The Hall–Kier alpha value is -4.02. The Labute approximate surface area is 283 Å². The van der Waals surface area contributed by atoms with Gasteiger partial charge in [-0.25, -0.2) is 17.1 Å². The molecule has 0 aliphatic heterocycles. The number of benzene rings is 3. The summed E-state index contributed by atoms with van der Waals surface area (Å²) in [5.41, 5.74) is 1.03. The van der Waals surface area contributed by atoms with Crippen LogP contribution >= 0.6 is 0 Å². The summed E-state index contributed by atoms with van der Waals surface area (Å²) >= 11 is 0. The van der Waals surface area contributed by atoms with E-state index in [-0.39, 0.29) is 17.0 Å². The lowest BCUT2D eigenvalue weighted by atomic mass is 9.98. The molecule has 0 radical (unpaired) electrons. The zero-order valence-corrected chi connectivity index (χ0v) is 29.3. The summed E-state index contributed by atoms with van der Waals surface area (Å²) in [4.78, 5) is 29.9. The van der Waals surface area contributed by atoms with Gasteiger partial charge >= 0.3 is 0 Å². The Kier molecular flexibility index (Phi) is 13.3. The van der Waals surface area contributed by atoms with Crippen LogP contribution in [-0.4, -0.2) is 57.5 Å². The molecular weight excluding hydrogens is 631 g/mol. The number of carbonyl (C=O) groups is 2. The summed E-state index contributed by atoms with van der Waals surface area (Å²) in [5.74, 6) is -0.698. The number of hydrogen-bond donors (Lipinski definition) is 0. The Morgan fingerprint density at radius 1 is 0.812 bits per heavy atom. The number of halogens is 1. The highest BCUT2D eigenvalue weighted by atomic mass is 32.2. The number of aryl methyl sites for hydroxylation is 1. The van der Waals surface area contributed by atoms with Gasteiger partial charge in [-0.3, -0.25) is 9.59 Å². The van der Waals surface area contributed by atoms with E-state index in [2.05, 4.69) is 18.7 Å². The maximum atomic E-state index is 14.0. The number of furan rings is 1. The van der Waals surface area contributed by atoms with Gasteiger partial charge in [0.25, 0.3) is 5.91 Å². The van der Waals surface area contributed by atoms with E-state index in [0.717, 1.165) is 51.2 Å². The van der Waals surface area contributed by atoms with Gasteiger partial charge in [0.05, 0.1) is 24.1 Å². The van der Waals surface area contributed by atoms with Crippen LogP contribution in [0.15, 0.2) is 71.1 Å². The molecular formula is C38H47FN2O6S. The number of nitrogens with zero attached hydrogens (tertiary/aromatic N) is 2. The molecule has 3 aromatic carbocycles. The molecule has 1 amide bonds. The van der Waals surface area contributed by atoms with Crippen molar-refractivity contribution in [3.63, 3.8) is 0 Å². The van der Waals surface area contributed by atoms with Crippen LogP contribution in [0, 0.1) is 5.82 Å². The van der Waals surface area contributed by atoms with Gasteiger partial charge in [0.15, 0.2) is 5.78 Å². The van der Waals surface area contributed by atoms with Crippen LogP contribution in [0.4, 0.5) is 10.1 Å². The molecule has 4 rings (SSSR count). The average Bonchev–Trinajstić information content (AvgIpc) is 3.43. The van der Waals surface area contributed by atoms with Gasteiger partial charge in [-0.15, -0.1) is 0 Å². The number of amides is 1. The minimum absolute atomic E-state index is 0.0165. The summed E-state index contributed by atoms with van der Waals surface area (Å²) in [7, 11) is -4.14. The first-order chi connectivity index (χ1) is 23.1. The van der Waals surface area contributed by atoms with Crippen molar-refractivity contribution in [1.29, 1.82) is 0 Å². The second kappa shape index (κ2) is 17.4. The first kappa shape index (κ1) is 36.8. The van der Waals surface area contributed by atoms with Crippen molar-refractivity contribution >= 4 is 38.4 Å². The number of hydrogen-bond acceptors (Lipinski definition) is 7. The number of sulfonamides is 1. The van der Waals surface area contributed by atoms with E-state index in [1.54, 1.807) is 30.3 Å². The molecule has 1 aromatic heterocycles. The van der Waals surface area contributed by atoms with Crippen molar-refractivity contribution in [1.82, 2.24) is 4.90 Å². The first-order valence-electron chi connectivity index (χ1n) is 16.9. The van der Waals surface area contributed by atoms with Crippen molar-refractivity contribution in [2.75, 3.05) is 36.8 Å². The van der Waals surface area contributed by atoms with Crippen LogP contribution in [0.3, 0.4) is 0 Å². The van der Waals surface area contributed by atoms with Crippen LogP contribution in [-0.2, 0) is 16.4 Å². The van der Waals surface area contributed by atoms with Gasteiger partial charge in [-0.1, -0.05) is 46.1 Å². The van der Waals surface area contributed by atoms with Gasteiger partial charge in [0, 0.05) is 29.5 Å². The lowest BCUT2D eigenvalue weighted by Crippen LogP contribution is -2.36. The van der Waals surface area contributed by atoms with Crippen molar-refractivity contribution in [2.45, 2.75) is 72.1 Å². The van der Waals surface area contributed by atoms with Crippen LogP contribution in [0.5, 0.6) is 5.75 Å². The molecule has 1 heterocycles. The predicted octanol–water partition coefficient (Wildman–Crippen LogP) is 8.42. The van der Waals surface area contributed by atoms with Gasteiger partial charge in [-0.05, 0) is 99.4 Å². The fraction of sp³-hybridized carbons (Fsp3) is 0.421. The van der Waals surface area contributed by atoms with Gasteiger partial charge in [0.2, 0.25) is 10.0 Å². The van der Waals surface area contributed by atoms with Crippen molar-refractivity contribution in [3.05, 3.63) is 95.0 Å². The summed E-state index contributed by atoms with van der Waals surface area (Å²) in [6.07, 6.45) is 8.71. The Morgan fingerprint density at radius 2 is 1.48 bits per heavy atom. The van der Waals surface area contributed by atoms with E-state index in [0.29, 0.717) is 50.9 Å². The maximum absolute atomic E-state index is 14.0. The van der Waals surface area contributed by atoms with Crippen LogP contribution in [0.25, 0.3) is 11.0 Å². The van der Waals surface area contributed by atoms with E-state index in [9.17, 15) is 22.4 Å². The average molecular weight is 679 g/mol. The van der Waals surface area contributed by atoms with Gasteiger partial charge in [0.1, 0.15) is 22.9 Å².